The minimum absolute atomic E-state index is 0.676. The maximum Gasteiger partial charge on any atom is 0.0528 e. The van der Waals surface area contributed by atoms with Gasteiger partial charge in [-0.2, -0.15) is 0 Å². The summed E-state index contributed by atoms with van der Waals surface area (Å²) in [6.45, 7) is 5.22. The van der Waals surface area contributed by atoms with E-state index in [4.69, 9.17) is 10.5 Å². The summed E-state index contributed by atoms with van der Waals surface area (Å²) in [5.74, 6) is 0.796. The molecule has 0 aliphatic carbocycles. The van der Waals surface area contributed by atoms with Crippen LogP contribution >= 0.6 is 0 Å². The molecule has 3 heteroatoms. The van der Waals surface area contributed by atoms with Gasteiger partial charge in [0, 0.05) is 31.6 Å². The molecule has 2 aliphatic rings. The van der Waals surface area contributed by atoms with Crippen molar-refractivity contribution in [1.82, 2.24) is 4.90 Å². The molecule has 1 atom stereocenters. The molecular weight excluding hydrogens is 140 g/mol. The summed E-state index contributed by atoms with van der Waals surface area (Å²) in [6, 6.07) is 0.676. The van der Waals surface area contributed by atoms with Crippen LogP contribution in [0.25, 0.3) is 0 Å². The highest BCUT2D eigenvalue weighted by Crippen LogP contribution is 2.20. The zero-order valence-corrected chi connectivity index (χ0v) is 6.83. The Labute approximate surface area is 67.5 Å². The number of ether oxygens (including phenoxy) is 1. The van der Waals surface area contributed by atoms with Crippen LogP contribution < -0.4 is 5.73 Å². The van der Waals surface area contributed by atoms with Crippen molar-refractivity contribution < 1.29 is 4.74 Å². The van der Waals surface area contributed by atoms with E-state index in [1.165, 1.54) is 19.5 Å². The molecule has 0 bridgehead atoms. The number of rotatable bonds is 3. The van der Waals surface area contributed by atoms with Gasteiger partial charge in [0.05, 0.1) is 13.2 Å². The quantitative estimate of drug-likeness (QED) is 0.608. The number of nitrogens with zero attached hydrogens (tertiary/aromatic N) is 1. The van der Waals surface area contributed by atoms with Crippen LogP contribution in [-0.4, -0.2) is 43.8 Å². The highest BCUT2D eigenvalue weighted by atomic mass is 16.5. The van der Waals surface area contributed by atoms with Crippen molar-refractivity contribution >= 4 is 0 Å². The predicted octanol–water partition coefficient (Wildman–Crippen LogP) is -0.334. The molecule has 11 heavy (non-hydrogen) atoms. The Morgan fingerprint density at radius 3 is 2.64 bits per heavy atom. The second-order valence-electron chi connectivity index (χ2n) is 3.58. The van der Waals surface area contributed by atoms with Crippen molar-refractivity contribution in [3.63, 3.8) is 0 Å². The van der Waals surface area contributed by atoms with Gasteiger partial charge in [-0.05, 0) is 6.42 Å². The molecule has 0 aromatic heterocycles. The van der Waals surface area contributed by atoms with Gasteiger partial charge in [-0.15, -0.1) is 0 Å². The average molecular weight is 156 g/mol. The summed E-state index contributed by atoms with van der Waals surface area (Å²) in [5.41, 5.74) is 5.59. The lowest BCUT2D eigenvalue weighted by Gasteiger charge is -2.43. The van der Waals surface area contributed by atoms with E-state index >= 15 is 0 Å². The molecule has 2 aliphatic heterocycles. The Kier molecular flexibility index (Phi) is 2.11. The van der Waals surface area contributed by atoms with E-state index in [0.717, 1.165) is 25.7 Å². The second-order valence-corrected chi connectivity index (χ2v) is 3.58. The largest absolute Gasteiger partial charge is 0.381 e. The fourth-order valence-corrected chi connectivity index (χ4v) is 1.72. The monoisotopic (exact) mass is 156 g/mol. The van der Waals surface area contributed by atoms with Gasteiger partial charge in [-0.1, -0.05) is 0 Å². The van der Waals surface area contributed by atoms with Gasteiger partial charge in [-0.3, -0.25) is 4.90 Å². The first-order valence-corrected chi connectivity index (χ1v) is 4.42. The third-order valence-electron chi connectivity index (χ3n) is 2.74. The third-order valence-corrected chi connectivity index (χ3v) is 2.74. The first-order valence-electron chi connectivity index (χ1n) is 4.42. The van der Waals surface area contributed by atoms with Crippen LogP contribution in [0.5, 0.6) is 0 Å². The smallest absolute Gasteiger partial charge is 0.0528 e. The summed E-state index contributed by atoms with van der Waals surface area (Å²) >= 11 is 0. The standard InChI is InChI=1S/C8H16N2O/c9-3-8-1-2-10(8)4-7-5-11-6-7/h7-8H,1-6,9H2. The molecule has 2 saturated heterocycles. The number of hydrogen-bond acceptors (Lipinski definition) is 3. The van der Waals surface area contributed by atoms with Gasteiger partial charge >= 0.3 is 0 Å². The molecule has 0 amide bonds. The van der Waals surface area contributed by atoms with Crippen molar-refractivity contribution in [2.45, 2.75) is 12.5 Å². The van der Waals surface area contributed by atoms with E-state index in [0.29, 0.717) is 6.04 Å². The molecule has 0 spiro atoms. The molecule has 0 aromatic carbocycles. The molecule has 2 rings (SSSR count). The Bertz CT molecular complexity index is 134. The Hall–Kier alpha value is -0.120. The Morgan fingerprint density at radius 1 is 1.45 bits per heavy atom. The van der Waals surface area contributed by atoms with Crippen LogP contribution in [-0.2, 0) is 4.74 Å². The third kappa shape index (κ3) is 1.41. The molecule has 64 valence electrons. The summed E-state index contributed by atoms with van der Waals surface area (Å²) in [5, 5.41) is 0. The fourth-order valence-electron chi connectivity index (χ4n) is 1.72. The summed E-state index contributed by atoms with van der Waals surface area (Å²) in [7, 11) is 0. The zero-order chi connectivity index (χ0) is 7.68. The summed E-state index contributed by atoms with van der Waals surface area (Å²) in [6.07, 6.45) is 1.30. The Balaban J connectivity index is 1.69. The van der Waals surface area contributed by atoms with Gasteiger partial charge in [0.15, 0.2) is 0 Å². The fraction of sp³-hybridized carbons (Fsp3) is 1.00. The van der Waals surface area contributed by atoms with E-state index in [1.807, 2.05) is 0 Å². The normalized spacial score (nSPS) is 33.0. The minimum atomic E-state index is 0.676. The van der Waals surface area contributed by atoms with Crippen LogP contribution in [0, 0.1) is 5.92 Å². The molecule has 2 fully saturated rings. The maximum absolute atomic E-state index is 5.59. The predicted molar refractivity (Wildman–Crippen MR) is 43.3 cm³/mol. The topological polar surface area (TPSA) is 38.5 Å². The molecule has 2 N–H and O–H groups in total. The van der Waals surface area contributed by atoms with E-state index in [2.05, 4.69) is 4.90 Å². The molecule has 1 unspecified atom stereocenters. The van der Waals surface area contributed by atoms with Crippen molar-refractivity contribution in [2.24, 2.45) is 11.7 Å². The van der Waals surface area contributed by atoms with Crippen molar-refractivity contribution in [2.75, 3.05) is 32.8 Å². The number of likely N-dealkylation sites (tertiary alicyclic amines) is 1. The lowest BCUT2D eigenvalue weighted by atomic mass is 9.99. The molecule has 0 saturated carbocycles. The molecule has 3 nitrogen and oxygen atoms in total. The van der Waals surface area contributed by atoms with Crippen LogP contribution in [0.1, 0.15) is 6.42 Å². The highest BCUT2D eigenvalue weighted by Gasteiger charge is 2.30. The van der Waals surface area contributed by atoms with E-state index < -0.39 is 0 Å². The van der Waals surface area contributed by atoms with Crippen molar-refractivity contribution in [1.29, 1.82) is 0 Å². The zero-order valence-electron chi connectivity index (χ0n) is 6.83. The number of hydrogen-bond donors (Lipinski definition) is 1. The van der Waals surface area contributed by atoms with Gasteiger partial charge < -0.3 is 10.5 Å². The molecule has 0 radical (unpaired) electrons. The Morgan fingerprint density at radius 2 is 2.27 bits per heavy atom. The van der Waals surface area contributed by atoms with Gasteiger partial charge in [0.2, 0.25) is 0 Å². The lowest BCUT2D eigenvalue weighted by molar-refractivity contribution is -0.0636. The maximum atomic E-state index is 5.59. The van der Waals surface area contributed by atoms with Gasteiger partial charge in [0.1, 0.15) is 0 Å². The molecule has 2 heterocycles. The van der Waals surface area contributed by atoms with Gasteiger partial charge in [-0.25, -0.2) is 0 Å². The first kappa shape index (κ1) is 7.53. The van der Waals surface area contributed by atoms with Crippen LogP contribution in [0.15, 0.2) is 0 Å². The molecular formula is C8H16N2O. The van der Waals surface area contributed by atoms with Crippen LogP contribution in [0.3, 0.4) is 0 Å². The second kappa shape index (κ2) is 3.09. The van der Waals surface area contributed by atoms with Crippen molar-refractivity contribution in [3.05, 3.63) is 0 Å². The SMILES string of the molecule is NCC1CCN1CC1COC1. The summed E-state index contributed by atoms with van der Waals surface area (Å²) < 4.78 is 5.12. The van der Waals surface area contributed by atoms with Crippen molar-refractivity contribution in [3.8, 4) is 0 Å². The minimum Gasteiger partial charge on any atom is -0.381 e. The van der Waals surface area contributed by atoms with Crippen LogP contribution in [0.4, 0.5) is 0 Å². The van der Waals surface area contributed by atoms with Gasteiger partial charge in [0.25, 0.3) is 0 Å². The van der Waals surface area contributed by atoms with E-state index in [9.17, 15) is 0 Å². The summed E-state index contributed by atoms with van der Waals surface area (Å²) in [4.78, 5) is 2.48. The highest BCUT2D eigenvalue weighted by molar-refractivity contribution is 4.85. The van der Waals surface area contributed by atoms with Crippen LogP contribution in [0.2, 0.25) is 0 Å². The average Bonchev–Trinajstić information content (AvgIpc) is 1.83. The molecule has 0 aromatic rings. The van der Waals surface area contributed by atoms with E-state index in [-0.39, 0.29) is 0 Å². The first-order chi connectivity index (χ1) is 5.40. The van der Waals surface area contributed by atoms with E-state index in [1.54, 1.807) is 0 Å². The lowest BCUT2D eigenvalue weighted by Crippen LogP contribution is -2.55. The number of nitrogens with two attached hydrogens (primary N) is 1.